The first-order chi connectivity index (χ1) is 17.5. The minimum absolute atomic E-state index is 0.124. The van der Waals surface area contributed by atoms with Crippen molar-refractivity contribution in [2.24, 2.45) is 4.99 Å². The normalized spacial score (nSPS) is 16.3. The third-order valence-corrected chi connectivity index (χ3v) is 6.77. The molecule has 0 saturated carbocycles. The highest BCUT2D eigenvalue weighted by atomic mass is 32.2. The number of nitrogens with zero attached hydrogens (tertiary/aromatic N) is 2. The first-order valence-electron chi connectivity index (χ1n) is 11.6. The van der Waals surface area contributed by atoms with Crippen LogP contribution in [0.4, 0.5) is 5.69 Å². The predicted octanol–water partition coefficient (Wildman–Crippen LogP) is 5.08. The van der Waals surface area contributed by atoms with Gasteiger partial charge in [-0.2, -0.15) is 0 Å². The number of amidine groups is 1. The second-order valence-corrected chi connectivity index (χ2v) is 9.44. The molecule has 8 heteroatoms. The first-order valence-corrected chi connectivity index (χ1v) is 12.5. The van der Waals surface area contributed by atoms with Gasteiger partial charge in [-0.1, -0.05) is 65.9 Å². The predicted molar refractivity (Wildman–Crippen MR) is 142 cm³/mol. The summed E-state index contributed by atoms with van der Waals surface area (Å²) in [7, 11) is 0. The average molecular weight is 500 g/mol. The molecule has 2 amide bonds. The van der Waals surface area contributed by atoms with E-state index in [1.54, 1.807) is 11.0 Å². The van der Waals surface area contributed by atoms with Crippen molar-refractivity contribution in [2.45, 2.75) is 19.9 Å². The summed E-state index contributed by atoms with van der Waals surface area (Å²) >= 11 is 1.23. The van der Waals surface area contributed by atoms with Crippen molar-refractivity contribution in [1.29, 1.82) is 0 Å². The summed E-state index contributed by atoms with van der Waals surface area (Å²) in [5, 5.41) is 3.47. The Balaban J connectivity index is 1.36. The van der Waals surface area contributed by atoms with Crippen molar-refractivity contribution in [1.82, 2.24) is 5.32 Å². The maximum atomic E-state index is 13.4. The van der Waals surface area contributed by atoms with E-state index in [2.05, 4.69) is 10.3 Å². The molecule has 0 aliphatic carbocycles. The fourth-order valence-electron chi connectivity index (χ4n) is 3.91. The van der Waals surface area contributed by atoms with Gasteiger partial charge in [0.15, 0.2) is 16.7 Å². The monoisotopic (exact) mass is 499 g/mol. The Kier molecular flexibility index (Phi) is 6.77. The standard InChI is InChI=1S/C28H25N3O4S/c1-18-8-11-22(12-9-18)31-27(33)23(14-20-10-13-24-25(15-20)35-17-34-24)30-28(31)36-16-26(32)29-19(2)21-6-4-3-5-7-21/h3-15,19H,16-17H2,1-2H3,(H,29,32)/b23-14-. The van der Waals surface area contributed by atoms with E-state index in [9.17, 15) is 9.59 Å². The highest BCUT2D eigenvalue weighted by Crippen LogP contribution is 2.34. The molecule has 5 rings (SSSR count). The third kappa shape index (κ3) is 5.13. The van der Waals surface area contributed by atoms with Gasteiger partial charge in [0.25, 0.3) is 5.91 Å². The van der Waals surface area contributed by atoms with Crippen LogP contribution in [-0.2, 0) is 9.59 Å². The largest absolute Gasteiger partial charge is 0.454 e. The minimum Gasteiger partial charge on any atom is -0.454 e. The number of nitrogens with one attached hydrogen (secondary N) is 1. The number of carbonyl (C=O) groups is 2. The molecule has 3 aromatic rings. The van der Waals surface area contributed by atoms with Gasteiger partial charge in [0.2, 0.25) is 12.7 Å². The molecule has 2 aliphatic heterocycles. The lowest BCUT2D eigenvalue weighted by molar-refractivity contribution is -0.119. The number of aliphatic imine (C=N–C) groups is 1. The quantitative estimate of drug-likeness (QED) is 0.479. The molecule has 2 heterocycles. The number of anilines is 1. The molecule has 0 aromatic heterocycles. The summed E-state index contributed by atoms with van der Waals surface area (Å²) < 4.78 is 10.8. The van der Waals surface area contributed by atoms with Gasteiger partial charge in [0.05, 0.1) is 17.5 Å². The molecular weight excluding hydrogens is 474 g/mol. The molecule has 1 unspecified atom stereocenters. The number of hydrogen-bond acceptors (Lipinski definition) is 6. The Morgan fingerprint density at radius 3 is 2.61 bits per heavy atom. The van der Waals surface area contributed by atoms with Crippen LogP contribution < -0.4 is 19.7 Å². The molecule has 1 atom stereocenters. The molecule has 0 radical (unpaired) electrons. The summed E-state index contributed by atoms with van der Waals surface area (Å²) in [6, 6.07) is 22.8. The molecular formula is C28H25N3O4S. The highest BCUT2D eigenvalue weighted by molar-refractivity contribution is 8.14. The number of aryl methyl sites for hydroxylation is 1. The lowest BCUT2D eigenvalue weighted by Gasteiger charge is -2.18. The van der Waals surface area contributed by atoms with Gasteiger partial charge in [-0.25, -0.2) is 4.99 Å². The Morgan fingerprint density at radius 2 is 1.83 bits per heavy atom. The number of ether oxygens (including phenoxy) is 2. The van der Waals surface area contributed by atoms with E-state index in [1.165, 1.54) is 11.8 Å². The first kappa shape index (κ1) is 23.7. The third-order valence-electron chi connectivity index (χ3n) is 5.83. The molecule has 182 valence electrons. The Bertz CT molecular complexity index is 1350. The summed E-state index contributed by atoms with van der Waals surface area (Å²) in [5.41, 5.74) is 3.87. The van der Waals surface area contributed by atoms with E-state index in [0.717, 1.165) is 16.7 Å². The average Bonchev–Trinajstić information content (AvgIpc) is 3.48. The maximum Gasteiger partial charge on any atom is 0.283 e. The van der Waals surface area contributed by atoms with Crippen molar-refractivity contribution in [2.75, 3.05) is 17.4 Å². The molecule has 3 aromatic carbocycles. The smallest absolute Gasteiger partial charge is 0.283 e. The van der Waals surface area contributed by atoms with Gasteiger partial charge in [-0.3, -0.25) is 14.5 Å². The molecule has 0 bridgehead atoms. The van der Waals surface area contributed by atoms with Gasteiger partial charge in [0, 0.05) is 0 Å². The fourth-order valence-corrected chi connectivity index (χ4v) is 4.74. The number of rotatable bonds is 6. The number of amides is 2. The Morgan fingerprint density at radius 1 is 1.08 bits per heavy atom. The summed E-state index contributed by atoms with van der Waals surface area (Å²) in [4.78, 5) is 32.3. The van der Waals surface area contributed by atoms with Gasteiger partial charge in [-0.15, -0.1) is 0 Å². The van der Waals surface area contributed by atoms with Crippen LogP contribution in [0.15, 0.2) is 83.5 Å². The van der Waals surface area contributed by atoms with Crippen LogP contribution in [-0.4, -0.2) is 29.5 Å². The number of carbonyl (C=O) groups excluding carboxylic acids is 2. The zero-order valence-corrected chi connectivity index (χ0v) is 20.7. The van der Waals surface area contributed by atoms with Gasteiger partial charge in [0.1, 0.15) is 5.70 Å². The van der Waals surface area contributed by atoms with Crippen LogP contribution in [0, 0.1) is 6.92 Å². The molecule has 0 fully saturated rings. The number of hydrogen-bond donors (Lipinski definition) is 1. The summed E-state index contributed by atoms with van der Waals surface area (Å²) in [6.07, 6.45) is 1.72. The topological polar surface area (TPSA) is 80.2 Å². The van der Waals surface area contributed by atoms with E-state index < -0.39 is 0 Å². The van der Waals surface area contributed by atoms with Crippen LogP contribution in [0.5, 0.6) is 11.5 Å². The molecule has 0 spiro atoms. The second kappa shape index (κ2) is 10.3. The minimum atomic E-state index is -0.253. The van der Waals surface area contributed by atoms with Crippen molar-refractivity contribution in [3.05, 3.63) is 95.2 Å². The Hall–Kier alpha value is -4.04. The number of thioether (sulfide) groups is 1. The lowest BCUT2D eigenvalue weighted by Crippen LogP contribution is -2.33. The fraction of sp³-hybridized carbons (Fsp3) is 0.179. The van der Waals surface area contributed by atoms with Gasteiger partial charge < -0.3 is 14.8 Å². The molecule has 0 saturated heterocycles. The number of benzene rings is 3. The molecule has 7 nitrogen and oxygen atoms in total. The molecule has 36 heavy (non-hydrogen) atoms. The van der Waals surface area contributed by atoms with Crippen LogP contribution in [0.1, 0.15) is 29.7 Å². The van der Waals surface area contributed by atoms with Gasteiger partial charge >= 0.3 is 0 Å². The van der Waals surface area contributed by atoms with Crippen LogP contribution in [0.25, 0.3) is 6.08 Å². The molecule has 2 aliphatic rings. The highest BCUT2D eigenvalue weighted by Gasteiger charge is 2.32. The second-order valence-electron chi connectivity index (χ2n) is 8.50. The van der Waals surface area contributed by atoms with Crippen molar-refractivity contribution >= 4 is 40.5 Å². The maximum absolute atomic E-state index is 13.4. The van der Waals surface area contributed by atoms with Crippen molar-refractivity contribution in [3.63, 3.8) is 0 Å². The van der Waals surface area contributed by atoms with E-state index in [0.29, 0.717) is 22.4 Å². The SMILES string of the molecule is Cc1ccc(N2C(=O)/C(=C/c3ccc4c(c3)OCO4)N=C2SCC(=O)NC(C)c2ccccc2)cc1. The van der Waals surface area contributed by atoms with Crippen LogP contribution in [0.3, 0.4) is 0 Å². The summed E-state index contributed by atoms with van der Waals surface area (Å²) in [6.45, 7) is 4.11. The Labute approximate surface area is 213 Å². The zero-order chi connectivity index (χ0) is 25.1. The van der Waals surface area contributed by atoms with Crippen molar-refractivity contribution in [3.8, 4) is 11.5 Å². The molecule has 1 N–H and O–H groups in total. The van der Waals surface area contributed by atoms with E-state index >= 15 is 0 Å². The zero-order valence-electron chi connectivity index (χ0n) is 19.9. The van der Waals surface area contributed by atoms with E-state index in [4.69, 9.17) is 9.47 Å². The van der Waals surface area contributed by atoms with Crippen LogP contribution >= 0.6 is 11.8 Å². The van der Waals surface area contributed by atoms with Crippen molar-refractivity contribution < 1.29 is 19.1 Å². The van der Waals surface area contributed by atoms with E-state index in [-0.39, 0.29) is 36.1 Å². The number of fused-ring (bicyclic) bond motifs is 1. The van der Waals surface area contributed by atoms with Gasteiger partial charge in [-0.05, 0) is 55.3 Å². The van der Waals surface area contributed by atoms with E-state index in [1.807, 2.05) is 86.6 Å². The summed E-state index contributed by atoms with van der Waals surface area (Å²) in [5.74, 6) is 1.04. The van der Waals surface area contributed by atoms with Crippen LogP contribution in [0.2, 0.25) is 0 Å². The lowest BCUT2D eigenvalue weighted by atomic mass is 10.1.